The normalized spacial score (nSPS) is 18.7. The molecule has 0 aliphatic carbocycles. The molecule has 5 heteroatoms. The Hall–Kier alpha value is -3.73. The molecule has 2 N–H and O–H groups in total. The van der Waals surface area contributed by atoms with Gasteiger partial charge in [-0.1, -0.05) is 37.3 Å². The fourth-order valence-corrected chi connectivity index (χ4v) is 4.72. The first-order valence-electron chi connectivity index (χ1n) is 10.3. The predicted molar refractivity (Wildman–Crippen MR) is 119 cm³/mol. The van der Waals surface area contributed by atoms with E-state index in [4.69, 9.17) is 19.9 Å². The lowest BCUT2D eigenvalue weighted by Gasteiger charge is -2.38. The molecular formula is C26H23NO4. The van der Waals surface area contributed by atoms with Crippen molar-refractivity contribution in [3.05, 3.63) is 94.1 Å². The Morgan fingerprint density at radius 1 is 1.10 bits per heavy atom. The molecule has 31 heavy (non-hydrogen) atoms. The first-order valence-corrected chi connectivity index (χ1v) is 10.3. The Morgan fingerprint density at radius 3 is 2.61 bits per heavy atom. The molecule has 1 atom stereocenters. The lowest BCUT2D eigenvalue weighted by molar-refractivity contribution is 0.0224. The summed E-state index contributed by atoms with van der Waals surface area (Å²) in [6.45, 7) is 4.01. The molecule has 0 bridgehead atoms. The van der Waals surface area contributed by atoms with Crippen LogP contribution in [0.25, 0.3) is 5.76 Å². The molecule has 0 saturated heterocycles. The molecule has 0 radical (unpaired) electrons. The number of hydrogen-bond donors (Lipinski definition) is 1. The molecule has 2 heterocycles. The molecule has 0 amide bonds. The van der Waals surface area contributed by atoms with Crippen LogP contribution < -0.4 is 10.5 Å². The van der Waals surface area contributed by atoms with E-state index < -0.39 is 5.60 Å². The average Bonchev–Trinajstić information content (AvgIpc) is 3.08. The van der Waals surface area contributed by atoms with Gasteiger partial charge in [-0.05, 0) is 43.2 Å². The quantitative estimate of drug-likeness (QED) is 0.353. The summed E-state index contributed by atoms with van der Waals surface area (Å²) in [6.07, 6.45) is 2.70. The maximum Gasteiger partial charge on any atom is 0.340 e. The number of rotatable bonds is 3. The number of aryl methyl sites for hydroxylation is 1. The molecule has 1 unspecified atom stereocenters. The number of anilines is 1. The zero-order valence-electron chi connectivity index (χ0n) is 17.7. The van der Waals surface area contributed by atoms with Crippen LogP contribution >= 0.6 is 0 Å². The van der Waals surface area contributed by atoms with Gasteiger partial charge in [-0.3, -0.25) is 0 Å². The van der Waals surface area contributed by atoms with Gasteiger partial charge >= 0.3 is 5.97 Å². The van der Waals surface area contributed by atoms with Gasteiger partial charge < -0.3 is 19.9 Å². The Kier molecular flexibility index (Phi) is 4.29. The zero-order valence-corrected chi connectivity index (χ0v) is 17.7. The number of methoxy groups -OCH3 is 1. The third kappa shape index (κ3) is 2.53. The van der Waals surface area contributed by atoms with Gasteiger partial charge in [-0.15, -0.1) is 0 Å². The number of nitrogens with two attached hydrogens (primary N) is 1. The molecule has 5 nitrogen and oxygen atoms in total. The van der Waals surface area contributed by atoms with Crippen molar-refractivity contribution in [3.8, 4) is 11.5 Å². The van der Waals surface area contributed by atoms with E-state index in [1.54, 1.807) is 25.3 Å². The number of hydrogen-bond acceptors (Lipinski definition) is 5. The molecule has 156 valence electrons. The number of allylic oxidation sites excluding steroid dienone is 1. The molecule has 0 fully saturated rings. The molecule has 3 aromatic carbocycles. The van der Waals surface area contributed by atoms with Gasteiger partial charge in [0.1, 0.15) is 17.3 Å². The smallest absolute Gasteiger partial charge is 0.340 e. The second-order valence-corrected chi connectivity index (χ2v) is 7.66. The van der Waals surface area contributed by atoms with Crippen LogP contribution in [0.3, 0.4) is 0 Å². The number of nitrogen functional groups attached to an aromatic ring is 1. The summed E-state index contributed by atoms with van der Waals surface area (Å²) in [6, 6.07) is 17.0. The third-order valence-corrected chi connectivity index (χ3v) is 6.10. The van der Waals surface area contributed by atoms with Crippen molar-refractivity contribution < 1.29 is 19.0 Å². The summed E-state index contributed by atoms with van der Waals surface area (Å²) in [7, 11) is 1.64. The van der Waals surface area contributed by atoms with E-state index in [1.807, 2.05) is 43.3 Å². The Bertz CT molecular complexity index is 1260. The maximum absolute atomic E-state index is 13.0. The standard InChI is InChI=1S/C26H23NO4/c1-4-15-10-12-20-24(23(15)21(5-2)29-3)30-22-14-16(27)11-13-19(22)26(20)18-9-7-6-8-17(18)25(28)31-26/h5-14H,4,27H2,1-3H3/b21-5+. The van der Waals surface area contributed by atoms with E-state index in [2.05, 4.69) is 13.0 Å². The van der Waals surface area contributed by atoms with Gasteiger partial charge in [0.05, 0.1) is 18.2 Å². The van der Waals surface area contributed by atoms with Crippen LogP contribution in [-0.2, 0) is 21.5 Å². The summed E-state index contributed by atoms with van der Waals surface area (Å²) < 4.78 is 18.4. The number of ether oxygens (including phenoxy) is 3. The largest absolute Gasteiger partial charge is 0.496 e. The van der Waals surface area contributed by atoms with E-state index in [0.29, 0.717) is 28.5 Å². The minimum Gasteiger partial charge on any atom is -0.496 e. The summed E-state index contributed by atoms with van der Waals surface area (Å²) >= 11 is 0. The molecule has 1 spiro atoms. The number of fused-ring (bicyclic) bond motifs is 6. The molecule has 0 saturated carbocycles. The maximum atomic E-state index is 13.0. The molecule has 3 aromatic rings. The van der Waals surface area contributed by atoms with Crippen molar-refractivity contribution in [1.82, 2.24) is 0 Å². The molecule has 0 aromatic heterocycles. The van der Waals surface area contributed by atoms with Crippen LogP contribution in [0, 0.1) is 0 Å². The lowest BCUT2D eigenvalue weighted by atomic mass is 9.76. The number of carbonyl (C=O) groups is 1. The van der Waals surface area contributed by atoms with Crippen molar-refractivity contribution in [2.24, 2.45) is 0 Å². The molecule has 2 aliphatic heterocycles. The Balaban J connectivity index is 1.92. The Labute approximate surface area is 181 Å². The van der Waals surface area contributed by atoms with E-state index in [-0.39, 0.29) is 5.97 Å². The van der Waals surface area contributed by atoms with E-state index in [0.717, 1.165) is 34.2 Å². The fraction of sp³-hybridized carbons (Fsp3) is 0.192. The molecule has 2 aliphatic rings. The number of carbonyl (C=O) groups excluding carboxylic acids is 1. The van der Waals surface area contributed by atoms with Crippen molar-refractivity contribution in [2.45, 2.75) is 25.9 Å². The average molecular weight is 413 g/mol. The van der Waals surface area contributed by atoms with Gasteiger partial charge in [-0.25, -0.2) is 4.79 Å². The highest BCUT2D eigenvalue weighted by atomic mass is 16.6. The molecular weight excluding hydrogens is 390 g/mol. The summed E-state index contributed by atoms with van der Waals surface area (Å²) in [4.78, 5) is 13.0. The van der Waals surface area contributed by atoms with E-state index >= 15 is 0 Å². The fourth-order valence-electron chi connectivity index (χ4n) is 4.72. The van der Waals surface area contributed by atoms with Crippen LogP contribution in [0.5, 0.6) is 11.5 Å². The second-order valence-electron chi connectivity index (χ2n) is 7.66. The first kappa shape index (κ1) is 19.2. The van der Waals surface area contributed by atoms with Crippen LogP contribution in [-0.4, -0.2) is 13.1 Å². The monoisotopic (exact) mass is 413 g/mol. The lowest BCUT2D eigenvalue weighted by Crippen LogP contribution is -2.33. The van der Waals surface area contributed by atoms with Gasteiger partial charge in [0.25, 0.3) is 0 Å². The van der Waals surface area contributed by atoms with Gasteiger partial charge in [-0.2, -0.15) is 0 Å². The van der Waals surface area contributed by atoms with Gasteiger partial charge in [0.15, 0.2) is 5.60 Å². The third-order valence-electron chi connectivity index (χ3n) is 6.10. The van der Waals surface area contributed by atoms with Crippen LogP contribution in [0.4, 0.5) is 5.69 Å². The minimum absolute atomic E-state index is 0.356. The SMILES string of the molecule is C/C=C(/OC)c1c(CC)ccc2c1Oc1cc(N)ccc1C21OC(=O)c2ccccc21. The highest BCUT2D eigenvalue weighted by Gasteiger charge is 2.54. The van der Waals surface area contributed by atoms with Gasteiger partial charge in [0.2, 0.25) is 0 Å². The first-order chi connectivity index (χ1) is 15.0. The highest BCUT2D eigenvalue weighted by Crippen LogP contribution is 2.58. The highest BCUT2D eigenvalue weighted by molar-refractivity contribution is 5.97. The van der Waals surface area contributed by atoms with Crippen molar-refractivity contribution in [2.75, 3.05) is 12.8 Å². The second kappa shape index (κ2) is 6.91. The number of benzene rings is 3. The van der Waals surface area contributed by atoms with Gasteiger partial charge in [0, 0.05) is 28.4 Å². The van der Waals surface area contributed by atoms with E-state index in [9.17, 15) is 4.79 Å². The van der Waals surface area contributed by atoms with Crippen LogP contribution in [0.1, 0.15) is 52.0 Å². The topological polar surface area (TPSA) is 70.8 Å². The predicted octanol–water partition coefficient (Wildman–Crippen LogP) is 5.41. The molecule has 5 rings (SSSR count). The minimum atomic E-state index is -1.11. The summed E-state index contributed by atoms with van der Waals surface area (Å²) in [5.41, 5.74) is 10.4. The number of esters is 1. The Morgan fingerprint density at radius 2 is 1.87 bits per heavy atom. The van der Waals surface area contributed by atoms with Crippen molar-refractivity contribution in [3.63, 3.8) is 0 Å². The summed E-state index contributed by atoms with van der Waals surface area (Å²) in [5.74, 6) is 1.54. The summed E-state index contributed by atoms with van der Waals surface area (Å²) in [5, 5.41) is 0. The van der Waals surface area contributed by atoms with Crippen molar-refractivity contribution in [1.29, 1.82) is 0 Å². The van der Waals surface area contributed by atoms with Crippen LogP contribution in [0.2, 0.25) is 0 Å². The van der Waals surface area contributed by atoms with Crippen LogP contribution in [0.15, 0.2) is 60.7 Å². The van der Waals surface area contributed by atoms with Crippen molar-refractivity contribution >= 4 is 17.4 Å². The zero-order chi connectivity index (χ0) is 21.8. The van der Waals surface area contributed by atoms with E-state index in [1.165, 1.54) is 0 Å².